The zero-order valence-electron chi connectivity index (χ0n) is 10.3. The molecule has 2 aliphatic heterocycles. The summed E-state index contributed by atoms with van der Waals surface area (Å²) in [5.41, 5.74) is 0.827. The van der Waals surface area contributed by atoms with Crippen LogP contribution in [0.1, 0.15) is 37.3 Å². The minimum Gasteiger partial charge on any atom is -0.476 e. The molecule has 1 aromatic rings. The molecule has 1 aromatic heterocycles. The normalized spacial score (nSPS) is 26.4. The molecule has 2 atom stereocenters. The highest BCUT2D eigenvalue weighted by atomic mass is 16.5. The molecule has 2 unspecified atom stereocenters. The highest BCUT2D eigenvalue weighted by molar-refractivity contribution is 5.85. The SMILES string of the molecule is O=C(O)C1=COC(c2cnn(C3CCCCO3)c2)N1. The van der Waals surface area contributed by atoms with Crippen LogP contribution in [-0.2, 0) is 14.3 Å². The zero-order chi connectivity index (χ0) is 13.2. The first kappa shape index (κ1) is 12.0. The van der Waals surface area contributed by atoms with Gasteiger partial charge in [0, 0.05) is 12.8 Å². The Bertz CT molecular complexity index is 505. The van der Waals surface area contributed by atoms with Gasteiger partial charge >= 0.3 is 5.97 Å². The molecule has 1 fully saturated rings. The van der Waals surface area contributed by atoms with Crippen LogP contribution in [0.25, 0.3) is 0 Å². The number of carboxylic acid groups (broad SMARTS) is 1. The minimum atomic E-state index is -1.04. The molecule has 0 amide bonds. The van der Waals surface area contributed by atoms with E-state index < -0.39 is 12.2 Å². The lowest BCUT2D eigenvalue weighted by atomic mass is 10.2. The molecule has 0 aliphatic carbocycles. The van der Waals surface area contributed by atoms with Crippen molar-refractivity contribution in [1.29, 1.82) is 0 Å². The van der Waals surface area contributed by atoms with Crippen molar-refractivity contribution >= 4 is 5.97 Å². The first-order valence-corrected chi connectivity index (χ1v) is 6.25. The van der Waals surface area contributed by atoms with E-state index in [1.54, 1.807) is 10.9 Å². The van der Waals surface area contributed by atoms with E-state index in [0.717, 1.165) is 31.4 Å². The largest absolute Gasteiger partial charge is 0.476 e. The number of nitrogens with zero attached hydrogens (tertiary/aromatic N) is 2. The van der Waals surface area contributed by atoms with Crippen LogP contribution in [0, 0.1) is 0 Å². The first-order valence-electron chi connectivity index (χ1n) is 6.25. The van der Waals surface area contributed by atoms with Crippen LogP contribution in [-0.4, -0.2) is 27.5 Å². The molecular weight excluding hydrogens is 250 g/mol. The van der Waals surface area contributed by atoms with Crippen LogP contribution in [0.3, 0.4) is 0 Å². The second-order valence-electron chi connectivity index (χ2n) is 4.57. The van der Waals surface area contributed by atoms with Crippen molar-refractivity contribution in [2.75, 3.05) is 6.61 Å². The summed E-state index contributed by atoms with van der Waals surface area (Å²) in [7, 11) is 0. The molecule has 19 heavy (non-hydrogen) atoms. The van der Waals surface area contributed by atoms with Gasteiger partial charge in [-0.15, -0.1) is 0 Å². The summed E-state index contributed by atoms with van der Waals surface area (Å²) in [6.45, 7) is 0.753. The highest BCUT2D eigenvalue weighted by Gasteiger charge is 2.25. The smallest absolute Gasteiger partial charge is 0.355 e. The summed E-state index contributed by atoms with van der Waals surface area (Å²) >= 11 is 0. The van der Waals surface area contributed by atoms with E-state index in [-0.39, 0.29) is 11.9 Å². The molecule has 0 bridgehead atoms. The van der Waals surface area contributed by atoms with E-state index in [1.807, 2.05) is 6.20 Å². The molecule has 1 saturated heterocycles. The monoisotopic (exact) mass is 265 g/mol. The van der Waals surface area contributed by atoms with Crippen molar-refractivity contribution in [3.05, 3.63) is 29.9 Å². The second-order valence-corrected chi connectivity index (χ2v) is 4.57. The molecular formula is C12H15N3O4. The predicted molar refractivity (Wildman–Crippen MR) is 63.7 cm³/mol. The van der Waals surface area contributed by atoms with Gasteiger partial charge in [0.1, 0.15) is 12.5 Å². The lowest BCUT2D eigenvalue weighted by molar-refractivity contribution is -0.133. The fourth-order valence-electron chi connectivity index (χ4n) is 2.20. The standard InChI is InChI=1S/C12H15N3O4/c16-12(17)9-7-19-11(14-9)8-5-13-15(6-8)10-3-1-2-4-18-10/h5-7,10-11,14H,1-4H2,(H,16,17). The highest BCUT2D eigenvalue weighted by Crippen LogP contribution is 2.25. The number of nitrogens with one attached hydrogen (secondary N) is 1. The Labute approximate surface area is 109 Å². The van der Waals surface area contributed by atoms with E-state index in [0.29, 0.717) is 0 Å². The molecule has 7 nitrogen and oxygen atoms in total. The third kappa shape index (κ3) is 2.41. The molecule has 0 aromatic carbocycles. The van der Waals surface area contributed by atoms with E-state index in [4.69, 9.17) is 14.6 Å². The first-order chi connectivity index (χ1) is 9.24. The molecule has 0 saturated carbocycles. The van der Waals surface area contributed by atoms with Crippen LogP contribution in [0.4, 0.5) is 0 Å². The van der Waals surface area contributed by atoms with Crippen LogP contribution in [0.5, 0.6) is 0 Å². The number of hydrogen-bond acceptors (Lipinski definition) is 5. The Balaban J connectivity index is 1.67. The van der Waals surface area contributed by atoms with E-state index in [1.165, 1.54) is 6.26 Å². The molecule has 2 aliphatic rings. The van der Waals surface area contributed by atoms with Crippen LogP contribution < -0.4 is 5.32 Å². The summed E-state index contributed by atoms with van der Waals surface area (Å²) in [5, 5.41) is 15.9. The van der Waals surface area contributed by atoms with Gasteiger partial charge in [-0.05, 0) is 19.3 Å². The van der Waals surface area contributed by atoms with Gasteiger partial charge in [-0.3, -0.25) is 0 Å². The minimum absolute atomic E-state index is 0.0317. The summed E-state index contributed by atoms with van der Waals surface area (Å²) in [6, 6.07) is 0. The Morgan fingerprint density at radius 2 is 2.42 bits per heavy atom. The van der Waals surface area contributed by atoms with Crippen molar-refractivity contribution in [3.8, 4) is 0 Å². The van der Waals surface area contributed by atoms with Gasteiger partial charge in [0.15, 0.2) is 11.9 Å². The molecule has 7 heteroatoms. The lowest BCUT2D eigenvalue weighted by Crippen LogP contribution is -2.20. The number of hydrogen-bond donors (Lipinski definition) is 2. The summed E-state index contributed by atoms with van der Waals surface area (Å²) < 4.78 is 12.7. The van der Waals surface area contributed by atoms with E-state index in [9.17, 15) is 4.79 Å². The van der Waals surface area contributed by atoms with Gasteiger partial charge in [-0.25, -0.2) is 9.48 Å². The Kier molecular flexibility index (Phi) is 3.12. The van der Waals surface area contributed by atoms with Crippen molar-refractivity contribution < 1.29 is 19.4 Å². The fourth-order valence-corrected chi connectivity index (χ4v) is 2.20. The molecule has 3 heterocycles. The number of aliphatic carboxylic acids is 1. The maximum absolute atomic E-state index is 10.8. The molecule has 102 valence electrons. The van der Waals surface area contributed by atoms with Crippen molar-refractivity contribution in [2.45, 2.75) is 31.7 Å². The van der Waals surface area contributed by atoms with Crippen molar-refractivity contribution in [1.82, 2.24) is 15.1 Å². The number of rotatable bonds is 3. The number of aromatic nitrogens is 2. The van der Waals surface area contributed by atoms with Crippen LogP contribution in [0.2, 0.25) is 0 Å². The maximum atomic E-state index is 10.8. The average Bonchev–Trinajstić information content (AvgIpc) is 3.09. The van der Waals surface area contributed by atoms with Gasteiger partial charge in [0.2, 0.25) is 0 Å². The molecule has 2 N–H and O–H groups in total. The van der Waals surface area contributed by atoms with Gasteiger partial charge in [0.05, 0.1) is 11.8 Å². The number of ether oxygens (including phenoxy) is 2. The topological polar surface area (TPSA) is 85.6 Å². The Morgan fingerprint density at radius 1 is 1.53 bits per heavy atom. The van der Waals surface area contributed by atoms with Crippen molar-refractivity contribution in [2.24, 2.45) is 0 Å². The van der Waals surface area contributed by atoms with Crippen LogP contribution >= 0.6 is 0 Å². The van der Waals surface area contributed by atoms with E-state index in [2.05, 4.69) is 10.4 Å². The van der Waals surface area contributed by atoms with Gasteiger partial charge in [-0.1, -0.05) is 0 Å². The second kappa shape index (κ2) is 4.93. The Morgan fingerprint density at radius 3 is 3.11 bits per heavy atom. The Hall–Kier alpha value is -2.02. The summed E-state index contributed by atoms with van der Waals surface area (Å²) in [4.78, 5) is 10.8. The summed E-state index contributed by atoms with van der Waals surface area (Å²) in [6.07, 6.45) is 7.33. The summed E-state index contributed by atoms with van der Waals surface area (Å²) in [5.74, 6) is -1.04. The van der Waals surface area contributed by atoms with Gasteiger partial charge < -0.3 is 19.9 Å². The quantitative estimate of drug-likeness (QED) is 0.852. The fraction of sp³-hybridized carbons (Fsp3) is 0.500. The van der Waals surface area contributed by atoms with Crippen molar-refractivity contribution in [3.63, 3.8) is 0 Å². The predicted octanol–water partition coefficient (Wildman–Crippen LogP) is 1.13. The third-order valence-electron chi connectivity index (χ3n) is 3.21. The van der Waals surface area contributed by atoms with E-state index >= 15 is 0 Å². The number of carbonyl (C=O) groups is 1. The zero-order valence-corrected chi connectivity index (χ0v) is 10.3. The lowest BCUT2D eigenvalue weighted by Gasteiger charge is -2.22. The van der Waals surface area contributed by atoms with Crippen LogP contribution in [0.15, 0.2) is 24.4 Å². The third-order valence-corrected chi connectivity index (χ3v) is 3.21. The molecule has 0 radical (unpaired) electrons. The maximum Gasteiger partial charge on any atom is 0.355 e. The average molecular weight is 265 g/mol. The number of carboxylic acids is 1. The molecule has 3 rings (SSSR count). The molecule has 0 spiro atoms. The van der Waals surface area contributed by atoms with Gasteiger partial charge in [-0.2, -0.15) is 5.10 Å². The van der Waals surface area contributed by atoms with Gasteiger partial charge in [0.25, 0.3) is 0 Å².